The van der Waals surface area contributed by atoms with Gasteiger partial charge in [-0.05, 0) is 29.4 Å². The number of fused-ring (bicyclic) bond motifs is 1. The molecule has 0 aliphatic heterocycles. The van der Waals surface area contributed by atoms with E-state index in [1.54, 1.807) is 4.68 Å². The Morgan fingerprint density at radius 3 is 2.72 bits per heavy atom. The van der Waals surface area contributed by atoms with Gasteiger partial charge in [-0.3, -0.25) is 0 Å². The average molecular weight is 238 g/mol. The molecule has 0 aliphatic rings. The Labute approximate surface area is 105 Å². The van der Waals surface area contributed by atoms with E-state index in [1.165, 1.54) is 10.8 Å². The van der Waals surface area contributed by atoms with Crippen molar-refractivity contribution in [1.29, 1.82) is 0 Å². The first-order chi connectivity index (χ1) is 8.86. The number of hydrogen-bond acceptors (Lipinski definition) is 3. The lowest BCUT2D eigenvalue weighted by Crippen LogP contribution is -2.02. The molecule has 0 fully saturated rings. The highest BCUT2D eigenvalue weighted by Gasteiger charge is 2.02. The second kappa shape index (κ2) is 4.58. The molecular weight excluding hydrogens is 224 g/mol. The van der Waals surface area contributed by atoms with Gasteiger partial charge in [-0.1, -0.05) is 35.5 Å². The molecule has 0 unspecified atom stereocenters. The van der Waals surface area contributed by atoms with Crippen LogP contribution in [0, 0.1) is 0 Å². The zero-order valence-corrected chi connectivity index (χ0v) is 9.95. The van der Waals surface area contributed by atoms with Crippen molar-refractivity contribution in [2.75, 3.05) is 6.54 Å². The second-order valence-corrected chi connectivity index (χ2v) is 4.22. The van der Waals surface area contributed by atoms with Crippen LogP contribution >= 0.6 is 0 Å². The molecule has 0 spiro atoms. The lowest BCUT2D eigenvalue weighted by atomic mass is 10.1. The highest BCUT2D eigenvalue weighted by Crippen LogP contribution is 2.17. The monoisotopic (exact) mass is 238 g/mol. The molecule has 1 heterocycles. The van der Waals surface area contributed by atoms with Crippen molar-refractivity contribution in [3.05, 3.63) is 54.4 Å². The van der Waals surface area contributed by atoms with E-state index in [0.717, 1.165) is 17.8 Å². The summed E-state index contributed by atoms with van der Waals surface area (Å²) in [6.45, 7) is 0.594. The van der Waals surface area contributed by atoms with Crippen LogP contribution < -0.4 is 5.73 Å². The van der Waals surface area contributed by atoms with Crippen LogP contribution in [0.5, 0.6) is 0 Å². The number of hydrogen-bond donors (Lipinski definition) is 1. The summed E-state index contributed by atoms with van der Waals surface area (Å²) in [7, 11) is 0. The smallest absolute Gasteiger partial charge is 0.0844 e. The molecule has 2 aromatic carbocycles. The summed E-state index contributed by atoms with van der Waals surface area (Å²) in [4.78, 5) is 0. The molecule has 4 nitrogen and oxygen atoms in total. The molecule has 0 bridgehead atoms. The van der Waals surface area contributed by atoms with Crippen LogP contribution in [0.2, 0.25) is 0 Å². The molecule has 0 atom stereocenters. The maximum absolute atomic E-state index is 5.51. The number of nitrogens with zero attached hydrogens (tertiary/aromatic N) is 3. The van der Waals surface area contributed by atoms with Gasteiger partial charge < -0.3 is 5.73 Å². The lowest BCUT2D eigenvalue weighted by Gasteiger charge is -2.02. The molecule has 3 aromatic rings. The highest BCUT2D eigenvalue weighted by molar-refractivity contribution is 5.84. The van der Waals surface area contributed by atoms with Gasteiger partial charge in [0.2, 0.25) is 0 Å². The van der Waals surface area contributed by atoms with Crippen molar-refractivity contribution in [3.63, 3.8) is 0 Å². The molecule has 1 aromatic heterocycles. The Morgan fingerprint density at radius 2 is 1.89 bits per heavy atom. The fraction of sp³-hybridized carbons (Fsp3) is 0.143. The third-order valence-corrected chi connectivity index (χ3v) is 2.94. The van der Waals surface area contributed by atoms with E-state index in [0.29, 0.717) is 6.54 Å². The van der Waals surface area contributed by atoms with Crippen LogP contribution in [0.25, 0.3) is 16.5 Å². The number of aromatic nitrogens is 3. The van der Waals surface area contributed by atoms with E-state index in [1.807, 2.05) is 24.4 Å². The number of nitrogens with two attached hydrogens (primary N) is 1. The normalized spacial score (nSPS) is 10.9. The molecule has 90 valence electrons. The van der Waals surface area contributed by atoms with Gasteiger partial charge in [0.25, 0.3) is 0 Å². The highest BCUT2D eigenvalue weighted by atomic mass is 15.4. The van der Waals surface area contributed by atoms with Crippen LogP contribution in [0.1, 0.15) is 5.69 Å². The predicted molar refractivity (Wildman–Crippen MR) is 71.6 cm³/mol. The first-order valence-corrected chi connectivity index (χ1v) is 5.97. The fourth-order valence-corrected chi connectivity index (χ4v) is 2.01. The van der Waals surface area contributed by atoms with Gasteiger partial charge in [-0.25, -0.2) is 4.68 Å². The molecule has 4 heteroatoms. The first-order valence-electron chi connectivity index (χ1n) is 5.97. The van der Waals surface area contributed by atoms with Crippen molar-refractivity contribution in [2.45, 2.75) is 6.42 Å². The summed E-state index contributed by atoms with van der Waals surface area (Å²) >= 11 is 0. The van der Waals surface area contributed by atoms with E-state index < -0.39 is 0 Å². The Morgan fingerprint density at radius 1 is 1.06 bits per heavy atom. The van der Waals surface area contributed by atoms with Crippen molar-refractivity contribution in [1.82, 2.24) is 15.0 Å². The van der Waals surface area contributed by atoms with Crippen LogP contribution in [0.15, 0.2) is 48.7 Å². The van der Waals surface area contributed by atoms with Gasteiger partial charge in [0, 0.05) is 6.42 Å². The third kappa shape index (κ3) is 1.98. The minimum atomic E-state index is 0.594. The molecule has 0 aliphatic carbocycles. The first kappa shape index (κ1) is 10.9. The topological polar surface area (TPSA) is 56.7 Å². The molecular formula is C14H14N4. The Kier molecular flexibility index (Phi) is 2.78. The van der Waals surface area contributed by atoms with Crippen LogP contribution in [0.4, 0.5) is 0 Å². The summed E-state index contributed by atoms with van der Waals surface area (Å²) in [5.74, 6) is 0. The van der Waals surface area contributed by atoms with Crippen molar-refractivity contribution >= 4 is 10.8 Å². The van der Waals surface area contributed by atoms with Crippen molar-refractivity contribution < 1.29 is 0 Å². The fourth-order valence-electron chi connectivity index (χ4n) is 2.01. The molecule has 0 saturated heterocycles. The summed E-state index contributed by atoms with van der Waals surface area (Å²) in [5.41, 5.74) is 7.45. The Balaban J connectivity index is 2.02. The zero-order valence-electron chi connectivity index (χ0n) is 9.95. The number of rotatable bonds is 3. The molecule has 0 saturated carbocycles. The van der Waals surface area contributed by atoms with Crippen LogP contribution in [0.3, 0.4) is 0 Å². The van der Waals surface area contributed by atoms with Crippen LogP contribution in [-0.4, -0.2) is 21.5 Å². The van der Waals surface area contributed by atoms with E-state index in [9.17, 15) is 0 Å². The van der Waals surface area contributed by atoms with Gasteiger partial charge in [0.15, 0.2) is 0 Å². The molecule has 3 rings (SSSR count). The summed E-state index contributed by atoms with van der Waals surface area (Å²) < 4.78 is 1.79. The maximum atomic E-state index is 5.51. The lowest BCUT2D eigenvalue weighted by molar-refractivity contribution is 0.795. The van der Waals surface area contributed by atoms with E-state index in [4.69, 9.17) is 5.73 Å². The van der Waals surface area contributed by atoms with Gasteiger partial charge in [0.1, 0.15) is 0 Å². The SMILES string of the molecule is NCCc1cn(-c2ccc3ccccc3c2)nn1. The van der Waals surface area contributed by atoms with Crippen LogP contribution in [-0.2, 0) is 6.42 Å². The van der Waals surface area contributed by atoms with Gasteiger partial charge in [-0.2, -0.15) is 0 Å². The Bertz CT molecular complexity index is 672. The standard InChI is InChI=1S/C14H14N4/c15-8-7-13-10-18(17-16-13)14-6-5-11-3-1-2-4-12(11)9-14/h1-6,9-10H,7-8,15H2. The van der Waals surface area contributed by atoms with E-state index >= 15 is 0 Å². The quantitative estimate of drug-likeness (QED) is 0.758. The molecule has 2 N–H and O–H groups in total. The predicted octanol–water partition coefficient (Wildman–Crippen LogP) is 1.92. The zero-order chi connectivity index (χ0) is 12.4. The van der Waals surface area contributed by atoms with Gasteiger partial charge in [0.05, 0.1) is 17.6 Å². The summed E-state index contributed by atoms with van der Waals surface area (Å²) in [5, 5.41) is 10.6. The summed E-state index contributed by atoms with van der Waals surface area (Å²) in [6, 6.07) is 14.5. The van der Waals surface area contributed by atoms with Gasteiger partial charge >= 0.3 is 0 Å². The molecule has 0 amide bonds. The summed E-state index contributed by atoms with van der Waals surface area (Å²) in [6.07, 6.45) is 2.69. The third-order valence-electron chi connectivity index (χ3n) is 2.94. The molecule has 0 radical (unpaired) electrons. The Hall–Kier alpha value is -2.20. The van der Waals surface area contributed by atoms with Crippen molar-refractivity contribution in [2.24, 2.45) is 5.73 Å². The van der Waals surface area contributed by atoms with Crippen molar-refractivity contribution in [3.8, 4) is 5.69 Å². The number of benzene rings is 2. The largest absolute Gasteiger partial charge is 0.330 e. The molecule has 18 heavy (non-hydrogen) atoms. The van der Waals surface area contributed by atoms with Gasteiger partial charge in [-0.15, -0.1) is 5.10 Å². The van der Waals surface area contributed by atoms with E-state index in [2.05, 4.69) is 34.6 Å². The van der Waals surface area contributed by atoms with E-state index in [-0.39, 0.29) is 0 Å². The minimum Gasteiger partial charge on any atom is -0.330 e. The maximum Gasteiger partial charge on any atom is 0.0844 e. The minimum absolute atomic E-state index is 0.594. The average Bonchev–Trinajstić information content (AvgIpc) is 2.87. The second-order valence-electron chi connectivity index (χ2n) is 4.22.